The minimum Gasteiger partial charge on any atom is -0.468 e. The summed E-state index contributed by atoms with van der Waals surface area (Å²) in [6.07, 6.45) is 0. The molecule has 3 aromatic rings. The van der Waals surface area contributed by atoms with Crippen LogP contribution in [0.15, 0.2) is 27.8 Å². The second-order valence-corrected chi connectivity index (χ2v) is 5.59. The molecule has 1 aliphatic heterocycles. The Morgan fingerprint density at radius 2 is 1.87 bits per heavy atom. The number of pyridine rings is 2. The third kappa shape index (κ3) is 1.92. The Labute approximate surface area is 136 Å². The zero-order valence-electron chi connectivity index (χ0n) is 12.6. The van der Waals surface area contributed by atoms with Gasteiger partial charge in [0.25, 0.3) is 11.1 Å². The predicted octanol–water partition coefficient (Wildman–Crippen LogP) is 1.43. The molecule has 2 aromatic heterocycles. The molecule has 0 amide bonds. The standard InChI is InChI=1S/C16H14N2O4.ClH/c1-8-3-13(21)18-7-22-16-14-11(5-10(8)15(16)18)9(6-19)4-12(20)17(14)2;/h3-5,19H,6-7H2,1-2H3;1H. The Morgan fingerprint density at radius 1 is 1.13 bits per heavy atom. The van der Waals surface area contributed by atoms with Crippen LogP contribution in [0.3, 0.4) is 0 Å². The number of fused-ring (bicyclic) bond motifs is 2. The summed E-state index contributed by atoms with van der Waals surface area (Å²) < 4.78 is 8.78. The van der Waals surface area contributed by atoms with Crippen molar-refractivity contribution in [2.24, 2.45) is 7.05 Å². The molecule has 0 atom stereocenters. The molecule has 3 heterocycles. The minimum atomic E-state index is -0.226. The van der Waals surface area contributed by atoms with Crippen molar-refractivity contribution in [3.05, 3.63) is 50.0 Å². The molecule has 1 aromatic carbocycles. The monoisotopic (exact) mass is 334 g/mol. The maximum Gasteiger partial charge on any atom is 0.254 e. The van der Waals surface area contributed by atoms with E-state index in [4.69, 9.17) is 4.74 Å². The van der Waals surface area contributed by atoms with Gasteiger partial charge < -0.3 is 14.4 Å². The summed E-state index contributed by atoms with van der Waals surface area (Å²) in [6.45, 7) is 1.79. The van der Waals surface area contributed by atoms with Crippen LogP contribution in [0.25, 0.3) is 21.8 Å². The van der Waals surface area contributed by atoms with Crippen molar-refractivity contribution in [3.8, 4) is 5.75 Å². The molecule has 23 heavy (non-hydrogen) atoms. The van der Waals surface area contributed by atoms with Gasteiger partial charge in [0.1, 0.15) is 0 Å². The number of rotatable bonds is 1. The van der Waals surface area contributed by atoms with Crippen LogP contribution in [0.2, 0.25) is 0 Å². The van der Waals surface area contributed by atoms with Crippen molar-refractivity contribution in [2.75, 3.05) is 0 Å². The molecule has 0 saturated heterocycles. The van der Waals surface area contributed by atoms with E-state index in [9.17, 15) is 14.7 Å². The van der Waals surface area contributed by atoms with E-state index in [0.717, 1.165) is 16.3 Å². The number of ether oxygens (including phenoxy) is 1. The third-order valence-corrected chi connectivity index (χ3v) is 4.35. The molecule has 6 nitrogen and oxygen atoms in total. The van der Waals surface area contributed by atoms with Gasteiger partial charge in [-0.1, -0.05) is 0 Å². The van der Waals surface area contributed by atoms with Crippen LogP contribution in [-0.4, -0.2) is 14.2 Å². The van der Waals surface area contributed by atoms with Gasteiger partial charge in [-0.2, -0.15) is 0 Å². The van der Waals surface area contributed by atoms with Gasteiger partial charge in [-0.05, 0) is 24.1 Å². The van der Waals surface area contributed by atoms with Crippen LogP contribution < -0.4 is 15.9 Å². The highest BCUT2D eigenvalue weighted by molar-refractivity contribution is 6.05. The largest absolute Gasteiger partial charge is 0.468 e. The van der Waals surface area contributed by atoms with Crippen molar-refractivity contribution in [1.29, 1.82) is 0 Å². The SMILES string of the molecule is Cc1cc(=O)n2c3c(c4c(cc13)c(CO)cc(=O)n4C)OC2.Cl. The smallest absolute Gasteiger partial charge is 0.254 e. The first kappa shape index (κ1) is 15.6. The van der Waals surface area contributed by atoms with Gasteiger partial charge >= 0.3 is 0 Å². The van der Waals surface area contributed by atoms with Gasteiger partial charge in [-0.25, -0.2) is 0 Å². The van der Waals surface area contributed by atoms with E-state index in [2.05, 4.69) is 0 Å². The first-order valence-electron chi connectivity index (χ1n) is 6.96. The van der Waals surface area contributed by atoms with Gasteiger partial charge in [0.05, 0.1) is 17.6 Å². The molecular formula is C16H15ClN2O4. The fraction of sp³-hybridized carbons (Fsp3) is 0.250. The van der Waals surface area contributed by atoms with Crippen LogP contribution in [-0.2, 0) is 20.4 Å². The van der Waals surface area contributed by atoms with E-state index >= 15 is 0 Å². The lowest BCUT2D eigenvalue weighted by Crippen LogP contribution is -2.18. The van der Waals surface area contributed by atoms with E-state index in [1.807, 2.05) is 13.0 Å². The van der Waals surface area contributed by atoms with Crippen LogP contribution in [0, 0.1) is 6.92 Å². The summed E-state index contributed by atoms with van der Waals surface area (Å²) >= 11 is 0. The average Bonchev–Trinajstić information content (AvgIpc) is 2.93. The Hall–Kier alpha value is -2.31. The molecule has 0 spiro atoms. The lowest BCUT2D eigenvalue weighted by Gasteiger charge is -2.13. The Morgan fingerprint density at radius 3 is 2.57 bits per heavy atom. The summed E-state index contributed by atoms with van der Waals surface area (Å²) in [4.78, 5) is 24.2. The maximum atomic E-state index is 12.1. The van der Waals surface area contributed by atoms with Crippen molar-refractivity contribution in [3.63, 3.8) is 0 Å². The molecule has 1 N–H and O–H groups in total. The zero-order valence-corrected chi connectivity index (χ0v) is 13.4. The van der Waals surface area contributed by atoms with Crippen molar-refractivity contribution >= 4 is 34.2 Å². The molecule has 0 aliphatic carbocycles. The second-order valence-electron chi connectivity index (χ2n) is 5.59. The molecule has 4 rings (SSSR count). The third-order valence-electron chi connectivity index (χ3n) is 4.35. The number of aromatic nitrogens is 2. The Kier molecular flexibility index (Phi) is 3.46. The highest BCUT2D eigenvalue weighted by atomic mass is 35.5. The number of aliphatic hydroxyl groups excluding tert-OH is 1. The van der Waals surface area contributed by atoms with E-state index in [0.29, 0.717) is 22.3 Å². The van der Waals surface area contributed by atoms with E-state index in [1.54, 1.807) is 17.7 Å². The number of hydrogen-bond acceptors (Lipinski definition) is 4. The summed E-state index contributed by atoms with van der Waals surface area (Å²) in [5.41, 5.74) is 2.39. The van der Waals surface area contributed by atoms with Gasteiger partial charge in [0.2, 0.25) is 0 Å². The minimum absolute atomic E-state index is 0. The first-order chi connectivity index (χ1) is 10.5. The van der Waals surface area contributed by atoms with Crippen molar-refractivity contribution in [2.45, 2.75) is 20.3 Å². The number of halogens is 1. The molecular weight excluding hydrogens is 320 g/mol. The summed E-state index contributed by atoms with van der Waals surface area (Å²) in [7, 11) is 1.66. The topological polar surface area (TPSA) is 73.5 Å². The number of hydrogen-bond donors (Lipinski definition) is 1. The van der Waals surface area contributed by atoms with E-state index in [-0.39, 0.29) is 36.9 Å². The number of aryl methyl sites for hydroxylation is 2. The number of aliphatic hydroxyl groups is 1. The highest BCUT2D eigenvalue weighted by Gasteiger charge is 2.23. The summed E-state index contributed by atoms with van der Waals surface area (Å²) in [5.74, 6) is 0.531. The second kappa shape index (κ2) is 5.11. The van der Waals surface area contributed by atoms with Crippen LogP contribution >= 0.6 is 12.4 Å². The summed E-state index contributed by atoms with van der Waals surface area (Å²) in [6, 6.07) is 4.92. The van der Waals surface area contributed by atoms with Crippen LogP contribution in [0.1, 0.15) is 11.1 Å². The van der Waals surface area contributed by atoms with Gasteiger partial charge in [-0.3, -0.25) is 14.2 Å². The molecule has 7 heteroatoms. The number of benzene rings is 1. The quantitative estimate of drug-likeness (QED) is 0.683. The van der Waals surface area contributed by atoms with Gasteiger partial charge in [-0.15, -0.1) is 12.4 Å². The lowest BCUT2D eigenvalue weighted by atomic mass is 10.0. The molecule has 120 valence electrons. The fourth-order valence-corrected chi connectivity index (χ4v) is 3.19. The van der Waals surface area contributed by atoms with Crippen LogP contribution in [0.5, 0.6) is 5.75 Å². The average molecular weight is 335 g/mol. The number of nitrogens with zero attached hydrogens (tertiary/aromatic N) is 2. The first-order valence-corrected chi connectivity index (χ1v) is 6.96. The molecule has 0 radical (unpaired) electrons. The lowest BCUT2D eigenvalue weighted by molar-refractivity contribution is 0.268. The van der Waals surface area contributed by atoms with Crippen molar-refractivity contribution < 1.29 is 9.84 Å². The zero-order chi connectivity index (χ0) is 15.6. The highest BCUT2D eigenvalue weighted by Crippen LogP contribution is 2.38. The molecule has 0 bridgehead atoms. The molecule has 1 aliphatic rings. The summed E-state index contributed by atoms with van der Waals surface area (Å²) in [5, 5.41) is 11.2. The van der Waals surface area contributed by atoms with E-state index < -0.39 is 0 Å². The molecule has 0 unspecified atom stereocenters. The van der Waals surface area contributed by atoms with Gasteiger partial charge in [0, 0.05) is 30.0 Å². The normalized spacial score (nSPS) is 12.5. The van der Waals surface area contributed by atoms with Crippen molar-refractivity contribution in [1.82, 2.24) is 9.13 Å². The van der Waals surface area contributed by atoms with Crippen LogP contribution in [0.4, 0.5) is 0 Å². The fourth-order valence-electron chi connectivity index (χ4n) is 3.19. The Balaban J connectivity index is 0.00000156. The van der Waals surface area contributed by atoms with Gasteiger partial charge in [0.15, 0.2) is 12.5 Å². The predicted molar refractivity (Wildman–Crippen MR) is 89.5 cm³/mol. The molecule has 0 fully saturated rings. The maximum absolute atomic E-state index is 12.1. The van der Waals surface area contributed by atoms with E-state index in [1.165, 1.54) is 10.6 Å². The molecule has 0 saturated carbocycles. The Bertz CT molecular complexity index is 1080.